The van der Waals surface area contributed by atoms with E-state index < -0.39 is 0 Å². The number of nitrogens with one attached hydrogen (secondary N) is 1. The Balaban J connectivity index is 1.56. The topological polar surface area (TPSA) is 89.3 Å². The zero-order valence-corrected chi connectivity index (χ0v) is 18.2. The van der Waals surface area contributed by atoms with Gasteiger partial charge in [-0.05, 0) is 48.1 Å². The quantitative estimate of drug-likeness (QED) is 0.576. The summed E-state index contributed by atoms with van der Waals surface area (Å²) in [5.41, 5.74) is 1.13. The molecule has 1 aliphatic rings. The summed E-state index contributed by atoms with van der Waals surface area (Å²) in [5, 5.41) is 13.8. The van der Waals surface area contributed by atoms with Crippen LogP contribution in [0.2, 0.25) is 0 Å². The van der Waals surface area contributed by atoms with E-state index in [1.54, 1.807) is 11.3 Å². The van der Waals surface area contributed by atoms with Crippen LogP contribution in [0.3, 0.4) is 0 Å². The van der Waals surface area contributed by atoms with Crippen LogP contribution in [0.25, 0.3) is 10.2 Å². The first-order valence-corrected chi connectivity index (χ1v) is 11.8. The largest absolute Gasteiger partial charge is 0.309 e. The molecule has 0 aromatic carbocycles. The minimum Gasteiger partial charge on any atom is -0.309 e. The number of hydrogen-bond donors (Lipinski definition) is 1. The number of aromatic amines is 1. The van der Waals surface area contributed by atoms with Crippen molar-refractivity contribution in [1.29, 1.82) is 0 Å². The third-order valence-corrected chi connectivity index (χ3v) is 7.62. The molecule has 1 fully saturated rings. The van der Waals surface area contributed by atoms with Gasteiger partial charge in [-0.1, -0.05) is 44.9 Å². The molecule has 3 aromatic rings. The van der Waals surface area contributed by atoms with Crippen molar-refractivity contribution in [3.63, 3.8) is 0 Å². The molecule has 9 heteroatoms. The normalized spacial score (nSPS) is 16.2. The van der Waals surface area contributed by atoms with E-state index in [0.29, 0.717) is 23.5 Å². The summed E-state index contributed by atoms with van der Waals surface area (Å²) in [6, 6.07) is 0.398. The molecule has 3 aromatic heterocycles. The predicted molar refractivity (Wildman–Crippen MR) is 113 cm³/mol. The van der Waals surface area contributed by atoms with Gasteiger partial charge < -0.3 is 4.98 Å². The molecular weight excluding hydrogens is 392 g/mol. The highest BCUT2D eigenvalue weighted by Crippen LogP contribution is 2.33. The Hall–Kier alpha value is -1.74. The first kappa shape index (κ1) is 19.6. The standard InChI is InChI=1S/C19H26N6OS2/c1-4-11(2)9-14-12(3)28-18-16(14)17(26)20-15(21-18)10-27-19-22-23-24-25(19)13-7-5-6-8-13/h11,13H,4-10H2,1-3H3,(H,20,21,26)/t11-/m0/s1. The molecule has 1 atom stereocenters. The van der Waals surface area contributed by atoms with Crippen molar-refractivity contribution in [3.05, 3.63) is 26.6 Å². The zero-order valence-electron chi connectivity index (χ0n) is 16.6. The van der Waals surface area contributed by atoms with Gasteiger partial charge in [0, 0.05) is 4.88 Å². The third-order valence-electron chi connectivity index (χ3n) is 5.63. The third kappa shape index (κ3) is 3.87. The molecule has 28 heavy (non-hydrogen) atoms. The summed E-state index contributed by atoms with van der Waals surface area (Å²) in [5.74, 6) is 1.79. The lowest BCUT2D eigenvalue weighted by Crippen LogP contribution is -2.13. The molecule has 1 aliphatic carbocycles. The second kappa shape index (κ2) is 8.32. The molecule has 0 spiro atoms. The number of nitrogens with zero attached hydrogens (tertiary/aromatic N) is 5. The van der Waals surface area contributed by atoms with E-state index in [2.05, 4.69) is 41.3 Å². The van der Waals surface area contributed by atoms with Crippen LogP contribution in [0.15, 0.2) is 9.95 Å². The molecule has 1 N–H and O–H groups in total. The van der Waals surface area contributed by atoms with E-state index in [-0.39, 0.29) is 5.56 Å². The van der Waals surface area contributed by atoms with Crippen LogP contribution < -0.4 is 5.56 Å². The number of thiophene rings is 1. The summed E-state index contributed by atoms with van der Waals surface area (Å²) in [7, 11) is 0. The Bertz CT molecular complexity index is 1020. The van der Waals surface area contributed by atoms with Crippen LogP contribution in [0.5, 0.6) is 0 Å². The Morgan fingerprint density at radius 1 is 1.36 bits per heavy atom. The Morgan fingerprint density at radius 2 is 2.14 bits per heavy atom. The van der Waals surface area contributed by atoms with Crippen molar-refractivity contribution in [2.45, 2.75) is 76.2 Å². The molecule has 0 aliphatic heterocycles. The molecule has 4 rings (SSSR count). The van der Waals surface area contributed by atoms with Crippen molar-refractivity contribution in [2.75, 3.05) is 0 Å². The smallest absolute Gasteiger partial charge is 0.259 e. The predicted octanol–water partition coefficient (Wildman–Crippen LogP) is 4.28. The summed E-state index contributed by atoms with van der Waals surface area (Å²) < 4.78 is 1.94. The number of thioether (sulfide) groups is 1. The molecule has 1 saturated carbocycles. The second-order valence-corrected chi connectivity index (χ2v) is 9.83. The monoisotopic (exact) mass is 418 g/mol. The summed E-state index contributed by atoms with van der Waals surface area (Å²) >= 11 is 3.16. The van der Waals surface area contributed by atoms with Crippen molar-refractivity contribution in [2.24, 2.45) is 5.92 Å². The van der Waals surface area contributed by atoms with E-state index in [0.717, 1.165) is 46.6 Å². The number of H-pyrrole nitrogens is 1. The Kier molecular flexibility index (Phi) is 5.82. The lowest BCUT2D eigenvalue weighted by Gasteiger charge is -2.10. The van der Waals surface area contributed by atoms with Crippen molar-refractivity contribution in [1.82, 2.24) is 30.2 Å². The van der Waals surface area contributed by atoms with Crippen LogP contribution in [0, 0.1) is 12.8 Å². The Labute approximate surface area is 172 Å². The van der Waals surface area contributed by atoms with E-state index in [1.165, 1.54) is 29.5 Å². The van der Waals surface area contributed by atoms with Crippen molar-refractivity contribution >= 4 is 33.3 Å². The average molecular weight is 419 g/mol. The van der Waals surface area contributed by atoms with Crippen molar-refractivity contribution in [3.8, 4) is 0 Å². The number of rotatable bonds is 7. The highest BCUT2D eigenvalue weighted by atomic mass is 32.2. The second-order valence-electron chi connectivity index (χ2n) is 7.68. The molecule has 3 heterocycles. The summed E-state index contributed by atoms with van der Waals surface area (Å²) in [6.07, 6.45) is 6.76. The minimum atomic E-state index is -0.0290. The number of fused-ring (bicyclic) bond motifs is 1. The van der Waals surface area contributed by atoms with E-state index in [1.807, 2.05) is 4.68 Å². The number of aromatic nitrogens is 6. The van der Waals surface area contributed by atoms with Gasteiger partial charge in [-0.15, -0.1) is 16.4 Å². The van der Waals surface area contributed by atoms with Gasteiger partial charge in [0.25, 0.3) is 5.56 Å². The van der Waals surface area contributed by atoms with Crippen LogP contribution in [0.4, 0.5) is 0 Å². The minimum absolute atomic E-state index is 0.0290. The highest BCUT2D eigenvalue weighted by Gasteiger charge is 2.22. The maximum atomic E-state index is 12.8. The average Bonchev–Trinajstić information content (AvgIpc) is 3.40. The maximum Gasteiger partial charge on any atom is 0.259 e. The fourth-order valence-electron chi connectivity index (χ4n) is 3.82. The van der Waals surface area contributed by atoms with E-state index in [4.69, 9.17) is 4.98 Å². The fourth-order valence-corrected chi connectivity index (χ4v) is 5.71. The maximum absolute atomic E-state index is 12.8. The van der Waals surface area contributed by atoms with Gasteiger partial charge in [-0.3, -0.25) is 4.79 Å². The van der Waals surface area contributed by atoms with E-state index >= 15 is 0 Å². The molecule has 7 nitrogen and oxygen atoms in total. The number of hydrogen-bond acceptors (Lipinski definition) is 7. The lowest BCUT2D eigenvalue weighted by molar-refractivity contribution is 0.423. The van der Waals surface area contributed by atoms with Gasteiger partial charge in [-0.2, -0.15) is 0 Å². The number of aryl methyl sites for hydroxylation is 1. The molecule has 0 unspecified atom stereocenters. The molecule has 0 radical (unpaired) electrons. The summed E-state index contributed by atoms with van der Waals surface area (Å²) in [6.45, 7) is 6.50. The lowest BCUT2D eigenvalue weighted by atomic mass is 9.98. The van der Waals surface area contributed by atoms with Gasteiger partial charge in [0.1, 0.15) is 10.7 Å². The first-order valence-electron chi connectivity index (χ1n) is 9.98. The SMILES string of the molecule is CC[C@H](C)Cc1c(C)sc2nc(CSc3nnnn3C3CCCC3)[nH]c(=O)c12. The van der Waals surface area contributed by atoms with Gasteiger partial charge in [-0.25, -0.2) is 9.67 Å². The van der Waals surface area contributed by atoms with Crippen molar-refractivity contribution < 1.29 is 0 Å². The van der Waals surface area contributed by atoms with Crippen LogP contribution in [0.1, 0.15) is 68.3 Å². The van der Waals surface area contributed by atoms with Gasteiger partial charge in [0.15, 0.2) is 0 Å². The molecule has 150 valence electrons. The van der Waals surface area contributed by atoms with Crippen LogP contribution in [-0.4, -0.2) is 30.2 Å². The summed E-state index contributed by atoms with van der Waals surface area (Å²) in [4.78, 5) is 22.6. The van der Waals surface area contributed by atoms with Crippen LogP contribution in [-0.2, 0) is 12.2 Å². The molecular formula is C19H26N6OS2. The molecule has 0 saturated heterocycles. The zero-order chi connectivity index (χ0) is 19.7. The molecule has 0 bridgehead atoms. The van der Waals surface area contributed by atoms with Gasteiger partial charge in [0.2, 0.25) is 5.16 Å². The number of tetrazole rings is 1. The highest BCUT2D eigenvalue weighted by molar-refractivity contribution is 7.98. The van der Waals surface area contributed by atoms with Gasteiger partial charge in [0.05, 0.1) is 17.2 Å². The Morgan fingerprint density at radius 3 is 2.89 bits per heavy atom. The van der Waals surface area contributed by atoms with Crippen LogP contribution >= 0.6 is 23.1 Å². The first-order chi connectivity index (χ1) is 13.6. The van der Waals surface area contributed by atoms with E-state index in [9.17, 15) is 4.79 Å². The molecule has 0 amide bonds. The van der Waals surface area contributed by atoms with Gasteiger partial charge >= 0.3 is 0 Å². The fraction of sp³-hybridized carbons (Fsp3) is 0.632.